The average molecular weight is 451 g/mol. The van der Waals surface area contributed by atoms with Gasteiger partial charge in [-0.1, -0.05) is 62.4 Å². The minimum atomic E-state index is -1.19. The highest BCUT2D eigenvalue weighted by Gasteiger charge is 2.51. The fourth-order valence-corrected chi connectivity index (χ4v) is 4.90. The largest absolute Gasteiger partial charge is 0.479 e. The monoisotopic (exact) mass is 450 g/mol. The Labute approximate surface area is 193 Å². The molecule has 2 N–H and O–H groups in total. The van der Waals surface area contributed by atoms with E-state index in [1.807, 2.05) is 50.2 Å². The van der Waals surface area contributed by atoms with Gasteiger partial charge in [0.2, 0.25) is 5.91 Å². The smallest absolute Gasteiger partial charge is 0.407 e. The molecule has 7 nitrogen and oxygen atoms in total. The Morgan fingerprint density at radius 3 is 2.06 bits per heavy atom. The zero-order chi connectivity index (χ0) is 23.8. The van der Waals surface area contributed by atoms with Gasteiger partial charge in [-0.05, 0) is 47.4 Å². The van der Waals surface area contributed by atoms with Crippen LogP contribution in [0.1, 0.15) is 50.2 Å². The number of hydrogen-bond acceptors (Lipinski definition) is 4. The number of hydrogen-bond donors (Lipinski definition) is 2. The molecular weight excluding hydrogens is 420 g/mol. The van der Waals surface area contributed by atoms with Crippen LogP contribution in [0.15, 0.2) is 48.5 Å². The molecule has 2 aliphatic carbocycles. The molecule has 2 amide bonds. The Bertz CT molecular complexity index is 1030. The zero-order valence-corrected chi connectivity index (χ0v) is 19.2. The molecule has 174 valence electrons. The highest BCUT2D eigenvalue weighted by molar-refractivity contribution is 5.92. The summed E-state index contributed by atoms with van der Waals surface area (Å²) in [5.74, 6) is -1.73. The van der Waals surface area contributed by atoms with Crippen molar-refractivity contribution >= 4 is 18.0 Å². The first-order valence-electron chi connectivity index (χ1n) is 11.4. The Hall–Kier alpha value is -3.35. The topological polar surface area (TPSA) is 95.9 Å². The van der Waals surface area contributed by atoms with Crippen molar-refractivity contribution in [3.63, 3.8) is 0 Å². The van der Waals surface area contributed by atoms with Crippen LogP contribution in [0.4, 0.5) is 4.79 Å². The first kappa shape index (κ1) is 22.8. The lowest BCUT2D eigenvalue weighted by atomic mass is 9.75. The Balaban J connectivity index is 1.44. The normalized spacial score (nSPS) is 16.8. The van der Waals surface area contributed by atoms with Gasteiger partial charge >= 0.3 is 12.1 Å². The molecule has 0 aromatic heterocycles. The molecule has 2 aromatic carbocycles. The van der Waals surface area contributed by atoms with Crippen LogP contribution in [0.5, 0.6) is 0 Å². The number of carboxylic acids is 1. The van der Waals surface area contributed by atoms with Crippen LogP contribution in [-0.4, -0.2) is 53.2 Å². The maximum atomic E-state index is 13.1. The predicted octanol–water partition coefficient (Wildman–Crippen LogP) is 4.02. The number of alkyl carbamates (subject to hydrolysis) is 1. The van der Waals surface area contributed by atoms with Crippen molar-refractivity contribution in [3.05, 3.63) is 59.7 Å². The first-order valence-corrected chi connectivity index (χ1v) is 11.4. The lowest BCUT2D eigenvalue weighted by Gasteiger charge is -2.46. The second kappa shape index (κ2) is 8.89. The van der Waals surface area contributed by atoms with Gasteiger partial charge in [-0.25, -0.2) is 9.59 Å². The Kier molecular flexibility index (Phi) is 6.15. The number of rotatable bonds is 7. The summed E-state index contributed by atoms with van der Waals surface area (Å²) in [5, 5.41) is 12.3. The summed E-state index contributed by atoms with van der Waals surface area (Å²) in [6.07, 6.45) is 0.909. The maximum Gasteiger partial charge on any atom is 0.407 e. The molecule has 0 aliphatic heterocycles. The molecule has 1 fully saturated rings. The Morgan fingerprint density at radius 2 is 1.61 bits per heavy atom. The summed E-state index contributed by atoms with van der Waals surface area (Å²) < 4.78 is 5.59. The van der Waals surface area contributed by atoms with Gasteiger partial charge < -0.3 is 20.1 Å². The summed E-state index contributed by atoms with van der Waals surface area (Å²) in [5.41, 5.74) is 3.30. The number of amides is 2. The van der Waals surface area contributed by atoms with Gasteiger partial charge in [0, 0.05) is 13.0 Å². The quantitative estimate of drug-likeness (QED) is 0.664. The van der Waals surface area contributed by atoms with Gasteiger partial charge in [0.05, 0.1) is 0 Å². The lowest BCUT2D eigenvalue weighted by Crippen LogP contribution is -2.63. The van der Waals surface area contributed by atoms with E-state index in [1.54, 1.807) is 0 Å². The number of ether oxygens (including phenoxy) is 1. The Morgan fingerprint density at radius 1 is 1.06 bits per heavy atom. The van der Waals surface area contributed by atoms with Crippen LogP contribution in [-0.2, 0) is 14.3 Å². The summed E-state index contributed by atoms with van der Waals surface area (Å²) in [4.78, 5) is 39.0. The number of nitrogens with zero attached hydrogens (tertiary/aromatic N) is 1. The number of fused-ring (bicyclic) bond motifs is 3. The van der Waals surface area contributed by atoms with E-state index in [0.717, 1.165) is 28.7 Å². The van der Waals surface area contributed by atoms with Crippen molar-refractivity contribution < 1.29 is 24.2 Å². The van der Waals surface area contributed by atoms with Crippen LogP contribution in [0.3, 0.4) is 0 Å². The van der Waals surface area contributed by atoms with Crippen LogP contribution in [0.2, 0.25) is 0 Å². The molecule has 7 heteroatoms. The fraction of sp³-hybridized carbons (Fsp3) is 0.423. The molecule has 1 atom stereocenters. The molecule has 0 unspecified atom stereocenters. The highest BCUT2D eigenvalue weighted by Crippen LogP contribution is 2.44. The van der Waals surface area contributed by atoms with Crippen LogP contribution in [0.25, 0.3) is 11.1 Å². The van der Waals surface area contributed by atoms with E-state index in [0.29, 0.717) is 12.8 Å². The number of nitrogens with one attached hydrogen (secondary N) is 1. The van der Waals surface area contributed by atoms with Gasteiger partial charge in [-0.2, -0.15) is 0 Å². The SMILES string of the molecule is CC(C)[C@H](NC(=O)OCC1c2ccccc2-c2ccccc21)C(=O)N(C)C1(C(=O)O)CCC1. The minimum absolute atomic E-state index is 0.0794. The summed E-state index contributed by atoms with van der Waals surface area (Å²) in [6, 6.07) is 15.3. The summed E-state index contributed by atoms with van der Waals surface area (Å²) >= 11 is 0. The number of carbonyl (C=O) groups excluding carboxylic acids is 2. The maximum absolute atomic E-state index is 13.1. The van der Waals surface area contributed by atoms with Crippen LogP contribution >= 0.6 is 0 Å². The molecule has 1 saturated carbocycles. The van der Waals surface area contributed by atoms with Crippen molar-refractivity contribution in [1.29, 1.82) is 0 Å². The second-order valence-electron chi connectivity index (χ2n) is 9.28. The molecule has 0 heterocycles. The van der Waals surface area contributed by atoms with Crippen molar-refractivity contribution in [3.8, 4) is 11.1 Å². The van der Waals surface area contributed by atoms with E-state index >= 15 is 0 Å². The summed E-state index contributed by atoms with van der Waals surface area (Å²) in [7, 11) is 1.50. The van der Waals surface area contributed by atoms with Crippen molar-refractivity contribution in [2.24, 2.45) is 5.92 Å². The third-order valence-electron chi connectivity index (χ3n) is 7.10. The zero-order valence-electron chi connectivity index (χ0n) is 19.2. The third kappa shape index (κ3) is 3.96. The standard InChI is InChI=1S/C26H30N2O5/c1-16(2)22(23(29)28(3)26(24(30)31)13-8-14-26)27-25(32)33-15-21-19-11-6-4-9-17(19)18-10-5-7-12-20(18)21/h4-7,9-12,16,21-22H,8,13-15H2,1-3H3,(H,27,32)(H,30,31)/t22-/m0/s1. The number of carboxylic acid groups (broad SMARTS) is 1. The first-order chi connectivity index (χ1) is 15.8. The number of benzene rings is 2. The van der Waals surface area contributed by atoms with E-state index in [9.17, 15) is 19.5 Å². The van der Waals surface area contributed by atoms with Crippen molar-refractivity contribution in [1.82, 2.24) is 10.2 Å². The molecule has 0 saturated heterocycles. The predicted molar refractivity (Wildman–Crippen MR) is 124 cm³/mol. The van der Waals surface area contributed by atoms with E-state index in [-0.39, 0.29) is 18.4 Å². The molecule has 0 radical (unpaired) electrons. The van der Waals surface area contributed by atoms with Gasteiger partial charge in [0.25, 0.3) is 0 Å². The van der Waals surface area contributed by atoms with Gasteiger partial charge in [-0.3, -0.25) is 4.79 Å². The number of likely N-dealkylation sites (N-methyl/N-ethyl adjacent to an activating group) is 1. The lowest BCUT2D eigenvalue weighted by molar-refractivity contribution is -0.165. The number of aliphatic carboxylic acids is 1. The van der Waals surface area contributed by atoms with Crippen molar-refractivity contribution in [2.45, 2.75) is 50.6 Å². The molecular formula is C26H30N2O5. The van der Waals surface area contributed by atoms with Gasteiger partial charge in [0.15, 0.2) is 0 Å². The molecule has 0 spiro atoms. The molecule has 2 aliphatic rings. The van der Waals surface area contributed by atoms with Gasteiger partial charge in [0.1, 0.15) is 18.2 Å². The molecule has 0 bridgehead atoms. The number of carbonyl (C=O) groups is 3. The van der Waals surface area contributed by atoms with Crippen LogP contribution in [0, 0.1) is 5.92 Å². The summed E-state index contributed by atoms with van der Waals surface area (Å²) in [6.45, 7) is 3.77. The average Bonchev–Trinajstić information content (AvgIpc) is 3.08. The van der Waals surface area contributed by atoms with E-state index in [4.69, 9.17) is 4.74 Å². The highest BCUT2D eigenvalue weighted by atomic mass is 16.5. The molecule has 33 heavy (non-hydrogen) atoms. The van der Waals surface area contributed by atoms with Crippen molar-refractivity contribution in [2.75, 3.05) is 13.7 Å². The van der Waals surface area contributed by atoms with E-state index in [2.05, 4.69) is 17.4 Å². The van der Waals surface area contributed by atoms with E-state index in [1.165, 1.54) is 11.9 Å². The van der Waals surface area contributed by atoms with Gasteiger partial charge in [-0.15, -0.1) is 0 Å². The molecule has 2 aromatic rings. The fourth-order valence-electron chi connectivity index (χ4n) is 4.90. The second-order valence-corrected chi connectivity index (χ2v) is 9.28. The van der Waals surface area contributed by atoms with E-state index < -0.39 is 29.6 Å². The minimum Gasteiger partial charge on any atom is -0.479 e. The third-order valence-corrected chi connectivity index (χ3v) is 7.10. The molecule has 4 rings (SSSR count). The van der Waals surface area contributed by atoms with Crippen LogP contribution < -0.4 is 5.32 Å².